The SMILES string of the molecule is [B]=O.[PbH2].[TeH2]. The molecule has 0 bridgehead atoms. The number of rotatable bonds is 0. The standard InChI is InChI=1S/BO.Pb.H2Te.2H/c1-2;;;;/h;;1H2;;. The van der Waals surface area contributed by atoms with Gasteiger partial charge in [0.15, 0.2) is 0 Å². The van der Waals surface area contributed by atoms with Crippen LogP contribution in [0.4, 0.5) is 0 Å². The number of hydrogen-bond donors (Lipinski definition) is 0. The molecule has 0 N–H and O–H groups in total. The van der Waals surface area contributed by atoms with Crippen molar-refractivity contribution >= 4 is 58.7 Å². The molecule has 3 radical (unpaired) electrons. The first-order valence-corrected chi connectivity index (χ1v) is 0.236. The fraction of sp³-hybridized carbons (Fsp3) is 0. The topological polar surface area (TPSA) is 17.1 Å². The summed E-state index contributed by atoms with van der Waals surface area (Å²) in [5, 5.41) is 0. The van der Waals surface area contributed by atoms with Gasteiger partial charge in [0.2, 0.25) is 0 Å². The van der Waals surface area contributed by atoms with Crippen LogP contribution in [0, 0.1) is 0 Å². The fourth-order valence-electron chi connectivity index (χ4n) is 0. The third-order valence-electron chi connectivity index (χ3n) is 0. The third-order valence-corrected chi connectivity index (χ3v) is 0. The summed E-state index contributed by atoms with van der Waals surface area (Å²) in [5.41, 5.74) is 0. The summed E-state index contributed by atoms with van der Waals surface area (Å²) in [4.78, 5) is 0. The summed E-state index contributed by atoms with van der Waals surface area (Å²) >= 11 is 0. The first kappa shape index (κ1) is 17.6. The van der Waals surface area contributed by atoms with Crippen LogP contribution in [-0.2, 0) is 4.70 Å². The Labute approximate surface area is 62.8 Å². The Hall–Kier alpha value is 1.58. The molecule has 4 heteroatoms. The normalized spacial score (nSPS) is 0.750. The Balaban J connectivity index is -0.00000000500. The van der Waals surface area contributed by atoms with E-state index >= 15 is 0 Å². The van der Waals surface area contributed by atoms with Crippen LogP contribution in [0.25, 0.3) is 0 Å². The first-order valence-electron chi connectivity index (χ1n) is 0.236. The van der Waals surface area contributed by atoms with Crippen LogP contribution >= 0.6 is 0 Å². The quantitative estimate of drug-likeness (QED) is 0.440. The van der Waals surface area contributed by atoms with Crippen molar-refractivity contribution in [2.75, 3.05) is 0 Å². The minimum absolute atomic E-state index is 0. The maximum atomic E-state index is 7.75. The average Bonchev–Trinajstić information content (AvgIpc) is 1.00. The monoisotopic (exact) mass is 369 g/mol. The van der Waals surface area contributed by atoms with Gasteiger partial charge in [-0.05, 0) is 0 Å². The molecule has 0 aliphatic carbocycles. The van der Waals surface area contributed by atoms with Crippen molar-refractivity contribution in [1.29, 1.82) is 0 Å². The van der Waals surface area contributed by atoms with E-state index in [2.05, 4.69) is 7.72 Å². The van der Waals surface area contributed by atoms with Crippen molar-refractivity contribution in [3.63, 3.8) is 0 Å². The zero-order valence-corrected chi connectivity index (χ0v) is 10.5. The summed E-state index contributed by atoms with van der Waals surface area (Å²) in [6.45, 7) is 0. The molecule has 0 heterocycles. The molecule has 0 amide bonds. The first-order chi connectivity index (χ1) is 1.00. The molecule has 0 unspecified atom stereocenters. The van der Waals surface area contributed by atoms with Crippen molar-refractivity contribution in [1.82, 2.24) is 0 Å². The van der Waals surface area contributed by atoms with Gasteiger partial charge in [0.1, 0.15) is 0 Å². The maximum absolute atomic E-state index is 7.75. The molecule has 0 fully saturated rings. The van der Waals surface area contributed by atoms with Crippen LogP contribution in [0.15, 0.2) is 0 Å². The van der Waals surface area contributed by atoms with E-state index < -0.39 is 0 Å². The van der Waals surface area contributed by atoms with E-state index in [0.29, 0.717) is 0 Å². The summed E-state index contributed by atoms with van der Waals surface area (Å²) < 4.78 is 7.75. The molecule has 0 saturated carbocycles. The molecule has 0 aromatic rings. The molecule has 0 atom stereocenters. The molecule has 0 spiro atoms. The molecule has 0 aliphatic rings. The van der Waals surface area contributed by atoms with Crippen LogP contribution in [0.1, 0.15) is 0 Å². The van der Waals surface area contributed by atoms with Crippen LogP contribution in [0.3, 0.4) is 0 Å². The average molecular weight is 366 g/mol. The Morgan fingerprint density at radius 1 is 1.25 bits per heavy atom. The van der Waals surface area contributed by atoms with Gasteiger partial charge in [-0.3, -0.25) is 0 Å². The molecule has 0 aromatic heterocycles. The molecule has 23 valence electrons. The van der Waals surface area contributed by atoms with Gasteiger partial charge in [-0.2, -0.15) is 0 Å². The van der Waals surface area contributed by atoms with E-state index in [0.717, 1.165) is 0 Å². The van der Waals surface area contributed by atoms with Gasteiger partial charge in [-0.1, -0.05) is 0 Å². The molecular weight excluding hydrogens is 362 g/mol. The Kier molecular flexibility index (Phi) is 104. The predicted molar refractivity (Wildman–Crippen MR) is 23.5 cm³/mol. The third kappa shape index (κ3) is 9.55. The summed E-state index contributed by atoms with van der Waals surface area (Å²) in [5.74, 6) is 0. The van der Waals surface area contributed by atoms with Crippen molar-refractivity contribution in [2.24, 2.45) is 0 Å². The molecule has 0 aliphatic heterocycles. The summed E-state index contributed by atoms with van der Waals surface area (Å²) in [6, 6.07) is 0. The van der Waals surface area contributed by atoms with E-state index in [1.807, 2.05) is 0 Å². The zero-order valence-electron chi connectivity index (χ0n) is 2.19. The molecule has 0 saturated heterocycles. The second-order valence-corrected chi connectivity index (χ2v) is 0. The van der Waals surface area contributed by atoms with Crippen molar-refractivity contribution in [3.8, 4) is 0 Å². The number of hydrogen-bond acceptors (Lipinski definition) is 1. The van der Waals surface area contributed by atoms with Gasteiger partial charge in [-0.15, -0.1) is 0 Å². The van der Waals surface area contributed by atoms with E-state index in [4.69, 9.17) is 4.70 Å². The van der Waals surface area contributed by atoms with Crippen molar-refractivity contribution in [2.45, 2.75) is 0 Å². The van der Waals surface area contributed by atoms with Crippen LogP contribution in [0.5, 0.6) is 0 Å². The van der Waals surface area contributed by atoms with Gasteiger partial charge in [0, 0.05) is 0 Å². The fourth-order valence-corrected chi connectivity index (χ4v) is 0. The second kappa shape index (κ2) is 23.6. The van der Waals surface area contributed by atoms with E-state index in [-0.39, 0.29) is 51.0 Å². The van der Waals surface area contributed by atoms with E-state index in [1.165, 1.54) is 0 Å². The van der Waals surface area contributed by atoms with Crippen LogP contribution < -0.4 is 0 Å². The Bertz CT molecular complexity index is 8.00. The van der Waals surface area contributed by atoms with Crippen LogP contribution in [-0.4, -0.2) is 58.7 Å². The van der Waals surface area contributed by atoms with Gasteiger partial charge in [-0.25, -0.2) is 0 Å². The Morgan fingerprint density at radius 2 is 1.25 bits per heavy atom. The second-order valence-electron chi connectivity index (χ2n) is 0. The predicted octanol–water partition coefficient (Wildman–Crippen LogP) is -2.33. The van der Waals surface area contributed by atoms with Gasteiger partial charge in [0.25, 0.3) is 0 Å². The molecule has 0 rings (SSSR count). The summed E-state index contributed by atoms with van der Waals surface area (Å²) in [6.07, 6.45) is 0. The van der Waals surface area contributed by atoms with Gasteiger partial charge in [0.05, 0.1) is 0 Å². The van der Waals surface area contributed by atoms with Crippen LogP contribution in [0.2, 0.25) is 0 Å². The van der Waals surface area contributed by atoms with Crippen molar-refractivity contribution < 1.29 is 4.70 Å². The van der Waals surface area contributed by atoms with Crippen molar-refractivity contribution in [3.05, 3.63) is 0 Å². The van der Waals surface area contributed by atoms with Gasteiger partial charge >= 0.3 is 63.4 Å². The molecule has 0 aromatic carbocycles. The van der Waals surface area contributed by atoms with E-state index in [9.17, 15) is 0 Å². The molecular formula is H4BOPbTe. The van der Waals surface area contributed by atoms with E-state index in [1.54, 1.807) is 0 Å². The minimum atomic E-state index is 0. The zero-order chi connectivity index (χ0) is 2.00. The summed E-state index contributed by atoms with van der Waals surface area (Å²) in [7, 11) is 3.25. The molecule has 4 heavy (non-hydrogen) atoms. The van der Waals surface area contributed by atoms with Gasteiger partial charge < -0.3 is 0 Å². The Morgan fingerprint density at radius 3 is 1.25 bits per heavy atom. The molecule has 1 nitrogen and oxygen atoms in total.